The van der Waals surface area contributed by atoms with Gasteiger partial charge in [0.2, 0.25) is 0 Å². The molecular weight excluding hydrogens is 279 g/mol. The SMILES string of the molecule is CN=C(NCCC(F)(F)F)NCc1c(C)cc(C)cc1C. The molecular formula is C15H22F3N3. The topological polar surface area (TPSA) is 36.4 Å². The Hall–Kier alpha value is -1.72. The molecule has 0 saturated heterocycles. The predicted molar refractivity (Wildman–Crippen MR) is 79.5 cm³/mol. The predicted octanol–water partition coefficient (Wildman–Crippen LogP) is 3.23. The van der Waals surface area contributed by atoms with Crippen LogP contribution in [0.4, 0.5) is 13.2 Å². The molecule has 0 aromatic heterocycles. The van der Waals surface area contributed by atoms with Crippen LogP contribution in [-0.4, -0.2) is 25.7 Å². The third kappa shape index (κ3) is 6.06. The van der Waals surface area contributed by atoms with E-state index < -0.39 is 12.6 Å². The maximum Gasteiger partial charge on any atom is 0.390 e. The average molecular weight is 301 g/mol. The van der Waals surface area contributed by atoms with Gasteiger partial charge in [-0.15, -0.1) is 0 Å². The van der Waals surface area contributed by atoms with Gasteiger partial charge in [-0.2, -0.15) is 13.2 Å². The smallest absolute Gasteiger partial charge is 0.356 e. The zero-order chi connectivity index (χ0) is 16.0. The minimum atomic E-state index is -4.16. The molecule has 0 amide bonds. The minimum absolute atomic E-state index is 0.185. The van der Waals surface area contributed by atoms with Gasteiger partial charge >= 0.3 is 6.18 Å². The number of aryl methyl sites for hydroxylation is 3. The van der Waals surface area contributed by atoms with Crippen LogP contribution in [0.25, 0.3) is 0 Å². The molecule has 0 aliphatic heterocycles. The van der Waals surface area contributed by atoms with Gasteiger partial charge < -0.3 is 10.6 Å². The van der Waals surface area contributed by atoms with Gasteiger partial charge in [0, 0.05) is 20.1 Å². The summed E-state index contributed by atoms with van der Waals surface area (Å²) in [4.78, 5) is 3.93. The molecule has 0 saturated carbocycles. The van der Waals surface area contributed by atoms with Gasteiger partial charge in [0.05, 0.1) is 6.42 Å². The van der Waals surface area contributed by atoms with Crippen molar-refractivity contribution in [3.05, 3.63) is 34.4 Å². The second-order valence-electron chi connectivity index (χ2n) is 5.09. The van der Waals surface area contributed by atoms with Gasteiger partial charge in [-0.05, 0) is 37.5 Å². The number of rotatable bonds is 4. The van der Waals surface area contributed by atoms with E-state index in [0.29, 0.717) is 12.5 Å². The molecule has 1 aromatic carbocycles. The monoisotopic (exact) mass is 301 g/mol. The van der Waals surface area contributed by atoms with E-state index >= 15 is 0 Å². The Morgan fingerprint density at radius 2 is 1.67 bits per heavy atom. The summed E-state index contributed by atoms with van der Waals surface area (Å²) < 4.78 is 36.3. The van der Waals surface area contributed by atoms with Crippen LogP contribution in [-0.2, 0) is 6.54 Å². The molecule has 6 heteroatoms. The molecule has 0 fully saturated rings. The van der Waals surface area contributed by atoms with Gasteiger partial charge in [-0.1, -0.05) is 17.7 Å². The van der Waals surface area contributed by atoms with E-state index in [0.717, 1.165) is 16.7 Å². The Morgan fingerprint density at radius 3 is 2.14 bits per heavy atom. The van der Waals surface area contributed by atoms with Gasteiger partial charge in [0.25, 0.3) is 0 Å². The van der Waals surface area contributed by atoms with E-state index in [-0.39, 0.29) is 6.54 Å². The van der Waals surface area contributed by atoms with Crippen molar-refractivity contribution in [1.82, 2.24) is 10.6 Å². The summed E-state index contributed by atoms with van der Waals surface area (Å²) in [6.07, 6.45) is -5.04. The van der Waals surface area contributed by atoms with Crippen molar-refractivity contribution in [1.29, 1.82) is 0 Å². The quantitative estimate of drug-likeness (QED) is 0.662. The summed E-state index contributed by atoms with van der Waals surface area (Å²) >= 11 is 0. The number of nitrogens with zero attached hydrogens (tertiary/aromatic N) is 1. The fourth-order valence-electron chi connectivity index (χ4n) is 2.20. The number of benzene rings is 1. The lowest BCUT2D eigenvalue weighted by atomic mass is 10.00. The first-order chi connectivity index (χ1) is 9.73. The van der Waals surface area contributed by atoms with Crippen molar-refractivity contribution < 1.29 is 13.2 Å². The molecule has 0 heterocycles. The number of halogens is 3. The fraction of sp³-hybridized carbons (Fsp3) is 0.533. The van der Waals surface area contributed by atoms with E-state index in [1.54, 1.807) is 0 Å². The van der Waals surface area contributed by atoms with Crippen molar-refractivity contribution in [2.45, 2.75) is 39.9 Å². The Kier molecular flexibility index (Phi) is 6.05. The summed E-state index contributed by atoms with van der Waals surface area (Å²) in [7, 11) is 1.54. The third-order valence-corrected chi connectivity index (χ3v) is 3.20. The molecule has 0 spiro atoms. The maximum absolute atomic E-state index is 12.1. The Labute approximate surface area is 123 Å². The number of nitrogens with one attached hydrogen (secondary N) is 2. The van der Waals surface area contributed by atoms with E-state index in [4.69, 9.17) is 0 Å². The lowest BCUT2D eigenvalue weighted by Gasteiger charge is -2.16. The normalized spacial score (nSPS) is 12.4. The first-order valence-corrected chi connectivity index (χ1v) is 6.81. The van der Waals surface area contributed by atoms with Crippen LogP contribution in [0.5, 0.6) is 0 Å². The molecule has 3 nitrogen and oxygen atoms in total. The van der Waals surface area contributed by atoms with Gasteiger partial charge in [0.1, 0.15) is 0 Å². The number of hydrogen-bond acceptors (Lipinski definition) is 1. The molecule has 2 N–H and O–H groups in total. The summed E-state index contributed by atoms with van der Waals surface area (Å²) in [6.45, 7) is 6.43. The summed E-state index contributed by atoms with van der Waals surface area (Å²) in [5.74, 6) is 0.374. The molecule has 1 rings (SSSR count). The lowest BCUT2D eigenvalue weighted by Crippen LogP contribution is -2.38. The Morgan fingerprint density at radius 1 is 1.10 bits per heavy atom. The van der Waals surface area contributed by atoms with Crippen LogP contribution in [0.2, 0.25) is 0 Å². The molecule has 0 bridgehead atoms. The Balaban J connectivity index is 2.57. The summed E-state index contributed by atoms with van der Waals surface area (Å²) in [6, 6.07) is 4.17. The second-order valence-corrected chi connectivity index (χ2v) is 5.09. The minimum Gasteiger partial charge on any atom is -0.356 e. The highest BCUT2D eigenvalue weighted by Crippen LogP contribution is 2.18. The van der Waals surface area contributed by atoms with Crippen LogP contribution in [0, 0.1) is 20.8 Å². The highest BCUT2D eigenvalue weighted by Gasteiger charge is 2.26. The van der Waals surface area contributed by atoms with Crippen LogP contribution in [0.1, 0.15) is 28.7 Å². The molecule has 0 atom stereocenters. The van der Waals surface area contributed by atoms with Crippen LogP contribution < -0.4 is 10.6 Å². The van der Waals surface area contributed by atoms with Crippen molar-refractivity contribution in [2.24, 2.45) is 4.99 Å². The zero-order valence-electron chi connectivity index (χ0n) is 12.9. The van der Waals surface area contributed by atoms with Crippen LogP contribution in [0.3, 0.4) is 0 Å². The van der Waals surface area contributed by atoms with Crippen molar-refractivity contribution in [2.75, 3.05) is 13.6 Å². The molecule has 21 heavy (non-hydrogen) atoms. The largest absolute Gasteiger partial charge is 0.390 e. The highest BCUT2D eigenvalue weighted by molar-refractivity contribution is 5.79. The number of alkyl halides is 3. The average Bonchev–Trinajstić information content (AvgIpc) is 2.33. The van der Waals surface area contributed by atoms with Gasteiger partial charge in [-0.3, -0.25) is 4.99 Å². The number of hydrogen-bond donors (Lipinski definition) is 2. The first kappa shape index (κ1) is 17.3. The first-order valence-electron chi connectivity index (χ1n) is 6.81. The van der Waals surface area contributed by atoms with Gasteiger partial charge in [-0.25, -0.2) is 0 Å². The summed E-state index contributed by atoms with van der Waals surface area (Å²) in [5.41, 5.74) is 4.65. The van der Waals surface area contributed by atoms with E-state index in [9.17, 15) is 13.2 Å². The molecule has 0 aliphatic carbocycles. The third-order valence-electron chi connectivity index (χ3n) is 3.20. The molecule has 0 radical (unpaired) electrons. The number of guanidine groups is 1. The highest BCUT2D eigenvalue weighted by atomic mass is 19.4. The molecule has 118 valence electrons. The second kappa shape index (κ2) is 7.33. The van der Waals surface area contributed by atoms with Gasteiger partial charge in [0.15, 0.2) is 5.96 Å². The van der Waals surface area contributed by atoms with E-state index in [1.807, 2.05) is 20.8 Å². The van der Waals surface area contributed by atoms with Crippen LogP contribution in [0.15, 0.2) is 17.1 Å². The molecule has 1 aromatic rings. The molecule has 0 unspecified atom stereocenters. The fourth-order valence-corrected chi connectivity index (χ4v) is 2.20. The lowest BCUT2D eigenvalue weighted by molar-refractivity contribution is -0.132. The number of aliphatic imine (C=N–C) groups is 1. The summed E-state index contributed by atoms with van der Waals surface area (Å²) in [5, 5.41) is 5.71. The molecule has 0 aliphatic rings. The standard InChI is InChI=1S/C15H22F3N3/c1-10-7-11(2)13(12(3)8-10)9-21-14(19-4)20-6-5-15(16,17)18/h7-8H,5-6,9H2,1-4H3,(H2,19,20,21). The van der Waals surface area contributed by atoms with E-state index in [2.05, 4.69) is 27.8 Å². The zero-order valence-corrected chi connectivity index (χ0v) is 12.9. The van der Waals surface area contributed by atoms with Crippen molar-refractivity contribution >= 4 is 5.96 Å². The van der Waals surface area contributed by atoms with Crippen LogP contribution >= 0.6 is 0 Å². The Bertz CT molecular complexity index is 484. The van der Waals surface area contributed by atoms with Crippen molar-refractivity contribution in [3.63, 3.8) is 0 Å². The van der Waals surface area contributed by atoms with Crippen molar-refractivity contribution in [3.8, 4) is 0 Å². The van der Waals surface area contributed by atoms with E-state index in [1.165, 1.54) is 12.6 Å². The maximum atomic E-state index is 12.1.